The van der Waals surface area contributed by atoms with E-state index >= 15 is 0 Å². The summed E-state index contributed by atoms with van der Waals surface area (Å²) in [6.07, 6.45) is 0. The summed E-state index contributed by atoms with van der Waals surface area (Å²) >= 11 is 0. The van der Waals surface area contributed by atoms with Crippen molar-refractivity contribution in [3.05, 3.63) is 60.4 Å². The van der Waals surface area contributed by atoms with Crippen LogP contribution in [0.5, 0.6) is 5.88 Å². The van der Waals surface area contributed by atoms with Gasteiger partial charge in [0, 0.05) is 10.9 Å². The van der Waals surface area contributed by atoms with Crippen molar-refractivity contribution in [1.82, 2.24) is 4.98 Å². The van der Waals surface area contributed by atoms with Crippen LogP contribution in [0.15, 0.2) is 54.6 Å². The molecule has 1 N–H and O–H groups in total. The highest BCUT2D eigenvalue weighted by atomic mass is 19.1. The van der Waals surface area contributed by atoms with Gasteiger partial charge in [-0.3, -0.25) is 0 Å². The summed E-state index contributed by atoms with van der Waals surface area (Å²) in [5, 5.41) is 10.6. The second-order valence-electron chi connectivity index (χ2n) is 4.06. The highest BCUT2D eigenvalue weighted by molar-refractivity contribution is 5.86. The first-order chi connectivity index (χ1) is 8.74. The predicted octanol–water partition coefficient (Wildman–Crippen LogP) is 3.75. The number of aromatic hydroxyl groups is 1. The maximum atomic E-state index is 13.2. The van der Waals surface area contributed by atoms with Gasteiger partial charge in [0.05, 0.1) is 5.52 Å². The van der Waals surface area contributed by atoms with Crippen LogP contribution in [-0.2, 0) is 0 Å². The maximum absolute atomic E-state index is 13.2. The first-order valence-electron chi connectivity index (χ1n) is 5.59. The Morgan fingerprint density at radius 2 is 1.72 bits per heavy atom. The van der Waals surface area contributed by atoms with Crippen LogP contribution < -0.4 is 0 Å². The van der Waals surface area contributed by atoms with E-state index in [0.29, 0.717) is 16.5 Å². The molecule has 0 saturated carbocycles. The number of halogens is 1. The molecular weight excluding hydrogens is 229 g/mol. The molecule has 0 fully saturated rings. The van der Waals surface area contributed by atoms with Gasteiger partial charge in [0.1, 0.15) is 5.82 Å². The van der Waals surface area contributed by atoms with Gasteiger partial charge in [-0.25, -0.2) is 9.37 Å². The molecular formula is C15H10FNO. The van der Waals surface area contributed by atoms with Crippen LogP contribution in [0.1, 0.15) is 0 Å². The zero-order chi connectivity index (χ0) is 12.5. The van der Waals surface area contributed by atoms with E-state index in [0.717, 1.165) is 5.56 Å². The molecule has 0 aliphatic heterocycles. The number of hydrogen-bond acceptors (Lipinski definition) is 2. The third-order valence-electron chi connectivity index (χ3n) is 2.84. The molecule has 0 radical (unpaired) electrons. The van der Waals surface area contributed by atoms with Gasteiger partial charge in [-0.2, -0.15) is 0 Å². The van der Waals surface area contributed by atoms with Gasteiger partial charge in [-0.05, 0) is 29.8 Å². The average Bonchev–Trinajstić information content (AvgIpc) is 2.39. The molecule has 3 rings (SSSR count). The van der Waals surface area contributed by atoms with E-state index in [1.807, 2.05) is 30.3 Å². The summed E-state index contributed by atoms with van der Waals surface area (Å²) in [5.74, 6) is -0.352. The maximum Gasteiger partial charge on any atom is 0.219 e. The molecule has 0 atom stereocenters. The van der Waals surface area contributed by atoms with Crippen molar-refractivity contribution in [3.8, 4) is 17.0 Å². The SMILES string of the molecule is Oc1nc2ccc(F)cc2cc1-c1ccccc1. The lowest BCUT2D eigenvalue weighted by molar-refractivity contribution is 0.458. The molecule has 0 saturated heterocycles. The molecule has 1 aromatic heterocycles. The van der Waals surface area contributed by atoms with E-state index in [1.165, 1.54) is 12.1 Å². The number of aromatic nitrogens is 1. The van der Waals surface area contributed by atoms with Crippen LogP contribution in [0, 0.1) is 5.82 Å². The molecule has 0 bridgehead atoms. The van der Waals surface area contributed by atoms with Crippen LogP contribution in [0.25, 0.3) is 22.0 Å². The summed E-state index contributed by atoms with van der Waals surface area (Å²) < 4.78 is 13.2. The van der Waals surface area contributed by atoms with Crippen molar-refractivity contribution < 1.29 is 9.50 Å². The van der Waals surface area contributed by atoms with E-state index in [2.05, 4.69) is 4.98 Å². The Balaban J connectivity index is 2.27. The topological polar surface area (TPSA) is 33.1 Å². The molecule has 18 heavy (non-hydrogen) atoms. The van der Waals surface area contributed by atoms with E-state index in [1.54, 1.807) is 12.1 Å². The van der Waals surface area contributed by atoms with Crippen LogP contribution in [0.3, 0.4) is 0 Å². The number of rotatable bonds is 1. The number of hydrogen-bond donors (Lipinski definition) is 1. The highest BCUT2D eigenvalue weighted by Gasteiger charge is 2.08. The van der Waals surface area contributed by atoms with Gasteiger partial charge in [-0.1, -0.05) is 30.3 Å². The number of benzene rings is 2. The third-order valence-corrected chi connectivity index (χ3v) is 2.84. The summed E-state index contributed by atoms with van der Waals surface area (Å²) in [5.41, 5.74) is 2.04. The number of pyridine rings is 1. The Morgan fingerprint density at radius 3 is 2.50 bits per heavy atom. The monoisotopic (exact) mass is 239 g/mol. The van der Waals surface area contributed by atoms with Gasteiger partial charge in [0.15, 0.2) is 0 Å². The predicted molar refractivity (Wildman–Crippen MR) is 68.8 cm³/mol. The van der Waals surface area contributed by atoms with Gasteiger partial charge in [0.2, 0.25) is 5.88 Å². The fourth-order valence-electron chi connectivity index (χ4n) is 1.97. The van der Waals surface area contributed by atoms with Gasteiger partial charge < -0.3 is 5.11 Å². The van der Waals surface area contributed by atoms with E-state index in [4.69, 9.17) is 0 Å². The largest absolute Gasteiger partial charge is 0.493 e. The van der Waals surface area contributed by atoms with Gasteiger partial charge >= 0.3 is 0 Å². The second-order valence-corrected chi connectivity index (χ2v) is 4.06. The lowest BCUT2D eigenvalue weighted by atomic mass is 10.0. The minimum absolute atomic E-state index is 0.0414. The number of fused-ring (bicyclic) bond motifs is 1. The Bertz CT molecular complexity index is 710. The Kier molecular flexibility index (Phi) is 2.45. The summed E-state index contributed by atoms with van der Waals surface area (Å²) in [7, 11) is 0. The first kappa shape index (κ1) is 10.7. The van der Waals surface area contributed by atoms with Gasteiger partial charge in [-0.15, -0.1) is 0 Å². The van der Waals surface area contributed by atoms with Crippen molar-refractivity contribution in [1.29, 1.82) is 0 Å². The molecule has 0 unspecified atom stereocenters. The molecule has 0 spiro atoms. The smallest absolute Gasteiger partial charge is 0.219 e. The van der Waals surface area contributed by atoms with Crippen molar-refractivity contribution in [2.75, 3.05) is 0 Å². The van der Waals surface area contributed by atoms with E-state index < -0.39 is 0 Å². The Morgan fingerprint density at radius 1 is 0.944 bits per heavy atom. The molecule has 88 valence electrons. The summed E-state index contributed by atoms with van der Waals surface area (Å²) in [6, 6.07) is 15.5. The zero-order valence-electron chi connectivity index (χ0n) is 9.47. The molecule has 2 aromatic carbocycles. The number of nitrogens with zero attached hydrogens (tertiary/aromatic N) is 1. The molecule has 0 amide bonds. The van der Waals surface area contributed by atoms with Crippen molar-refractivity contribution >= 4 is 10.9 Å². The van der Waals surface area contributed by atoms with E-state index in [-0.39, 0.29) is 11.7 Å². The fourth-order valence-corrected chi connectivity index (χ4v) is 1.97. The molecule has 2 nitrogen and oxygen atoms in total. The Hall–Kier alpha value is -2.42. The standard InChI is InChI=1S/C15H10FNO/c16-12-6-7-14-11(8-12)9-13(15(18)17-14)10-4-2-1-3-5-10/h1-9H,(H,17,18). The summed E-state index contributed by atoms with van der Waals surface area (Å²) in [6.45, 7) is 0. The quantitative estimate of drug-likeness (QED) is 0.701. The van der Waals surface area contributed by atoms with E-state index in [9.17, 15) is 9.50 Å². The lowest BCUT2D eigenvalue weighted by Gasteiger charge is -2.06. The minimum Gasteiger partial charge on any atom is -0.493 e. The zero-order valence-corrected chi connectivity index (χ0v) is 9.47. The van der Waals surface area contributed by atoms with Crippen LogP contribution in [-0.4, -0.2) is 10.1 Å². The normalized spacial score (nSPS) is 10.7. The van der Waals surface area contributed by atoms with Gasteiger partial charge in [0.25, 0.3) is 0 Å². The highest BCUT2D eigenvalue weighted by Crippen LogP contribution is 2.30. The van der Waals surface area contributed by atoms with Crippen molar-refractivity contribution in [2.45, 2.75) is 0 Å². The summed E-state index contributed by atoms with van der Waals surface area (Å²) in [4.78, 5) is 4.08. The molecule has 1 heterocycles. The first-order valence-corrected chi connectivity index (χ1v) is 5.59. The second kappa shape index (κ2) is 4.11. The Labute approximate surface area is 103 Å². The lowest BCUT2D eigenvalue weighted by Crippen LogP contribution is -1.86. The van der Waals surface area contributed by atoms with Crippen molar-refractivity contribution in [2.24, 2.45) is 0 Å². The average molecular weight is 239 g/mol. The third kappa shape index (κ3) is 1.80. The van der Waals surface area contributed by atoms with Crippen LogP contribution in [0.2, 0.25) is 0 Å². The van der Waals surface area contributed by atoms with Crippen LogP contribution >= 0.6 is 0 Å². The van der Waals surface area contributed by atoms with Crippen LogP contribution in [0.4, 0.5) is 4.39 Å². The molecule has 3 heteroatoms. The minimum atomic E-state index is -0.311. The molecule has 0 aliphatic carbocycles. The fraction of sp³-hybridized carbons (Fsp3) is 0. The molecule has 0 aliphatic rings. The molecule has 3 aromatic rings. The van der Waals surface area contributed by atoms with Crippen molar-refractivity contribution in [3.63, 3.8) is 0 Å².